The molecule has 9 heteroatoms. The summed E-state index contributed by atoms with van der Waals surface area (Å²) in [5, 5.41) is 1.92. The minimum absolute atomic E-state index is 0.0444. The van der Waals surface area contributed by atoms with Crippen molar-refractivity contribution in [1.82, 2.24) is 9.21 Å². The topological polar surface area (TPSA) is 70.1 Å². The van der Waals surface area contributed by atoms with Crippen molar-refractivity contribution in [2.75, 3.05) is 44.2 Å². The van der Waals surface area contributed by atoms with Crippen molar-refractivity contribution in [3.63, 3.8) is 0 Å². The Morgan fingerprint density at radius 1 is 1.07 bits per heavy atom. The Balaban J connectivity index is 1.38. The highest BCUT2D eigenvalue weighted by Crippen LogP contribution is 2.24. The van der Waals surface area contributed by atoms with Crippen LogP contribution in [0.5, 0.6) is 0 Å². The van der Waals surface area contributed by atoms with Gasteiger partial charge in [-0.25, -0.2) is 8.42 Å². The van der Waals surface area contributed by atoms with Crippen molar-refractivity contribution < 1.29 is 13.2 Å². The van der Waals surface area contributed by atoms with Crippen molar-refractivity contribution in [2.45, 2.75) is 4.90 Å². The number of rotatable bonds is 4. The maximum Gasteiger partial charge on any atom is 0.243 e. The van der Waals surface area contributed by atoms with Gasteiger partial charge in [0.25, 0.3) is 0 Å². The predicted octanol–water partition coefficient (Wildman–Crippen LogP) is 2.51. The summed E-state index contributed by atoms with van der Waals surface area (Å²) < 4.78 is 28.5. The number of amides is 1. The smallest absolute Gasteiger partial charge is 0.243 e. The van der Waals surface area contributed by atoms with Crippen LogP contribution < -0.4 is 0 Å². The van der Waals surface area contributed by atoms with Crippen LogP contribution in [0.3, 0.4) is 0 Å². The molecule has 0 radical (unpaired) electrons. The molecule has 28 heavy (non-hydrogen) atoms. The zero-order valence-electron chi connectivity index (χ0n) is 15.3. The molecule has 0 atom stereocenters. The summed E-state index contributed by atoms with van der Waals surface area (Å²) in [5.41, 5.74) is 0. The van der Waals surface area contributed by atoms with E-state index in [0.29, 0.717) is 36.8 Å². The third kappa shape index (κ3) is 4.22. The van der Waals surface area contributed by atoms with Gasteiger partial charge < -0.3 is 4.90 Å². The van der Waals surface area contributed by atoms with Gasteiger partial charge in [-0.05, 0) is 22.9 Å². The fraction of sp³-hybridized carbons (Fsp3) is 0.368. The lowest BCUT2D eigenvalue weighted by atomic mass is 10.1. The zero-order valence-corrected chi connectivity index (χ0v) is 17.7. The molecule has 0 saturated carbocycles. The SMILES string of the molecule is O=C(CSC1=NCCS1)N1CCN(S(=O)(=O)c2ccc3ccccc3c2)CC1. The van der Waals surface area contributed by atoms with Crippen molar-refractivity contribution in [3.05, 3.63) is 42.5 Å². The van der Waals surface area contributed by atoms with Crippen molar-refractivity contribution >= 4 is 54.6 Å². The average Bonchev–Trinajstić information content (AvgIpc) is 3.25. The zero-order chi connectivity index (χ0) is 19.6. The molecule has 2 heterocycles. The van der Waals surface area contributed by atoms with Gasteiger partial charge in [-0.3, -0.25) is 9.79 Å². The number of carbonyl (C=O) groups excluding carboxylic acids is 1. The molecule has 4 rings (SSSR count). The Morgan fingerprint density at radius 3 is 2.54 bits per heavy atom. The Hall–Kier alpha value is -1.55. The summed E-state index contributed by atoms with van der Waals surface area (Å²) in [5.74, 6) is 1.40. The number of hydrogen-bond acceptors (Lipinski definition) is 6. The maximum absolute atomic E-state index is 13.0. The molecule has 1 amide bonds. The quantitative estimate of drug-likeness (QED) is 0.738. The first-order valence-corrected chi connectivity index (χ1v) is 12.5. The van der Waals surface area contributed by atoms with Crippen LogP contribution in [-0.2, 0) is 14.8 Å². The Labute approximate surface area is 173 Å². The minimum Gasteiger partial charge on any atom is -0.339 e. The van der Waals surface area contributed by atoms with E-state index in [-0.39, 0.29) is 5.91 Å². The van der Waals surface area contributed by atoms with Gasteiger partial charge in [-0.1, -0.05) is 53.9 Å². The molecule has 148 valence electrons. The van der Waals surface area contributed by atoms with Gasteiger partial charge in [0.15, 0.2) is 0 Å². The van der Waals surface area contributed by atoms with Crippen LogP contribution >= 0.6 is 23.5 Å². The molecule has 0 aliphatic carbocycles. The number of fused-ring (bicyclic) bond motifs is 1. The summed E-state index contributed by atoms with van der Waals surface area (Å²) >= 11 is 3.17. The summed E-state index contributed by atoms with van der Waals surface area (Å²) in [7, 11) is -3.56. The number of carbonyl (C=O) groups is 1. The van der Waals surface area contributed by atoms with E-state index in [4.69, 9.17) is 0 Å². The van der Waals surface area contributed by atoms with E-state index in [9.17, 15) is 13.2 Å². The molecule has 0 aromatic heterocycles. The maximum atomic E-state index is 13.0. The van der Waals surface area contributed by atoms with E-state index in [1.807, 2.05) is 30.3 Å². The van der Waals surface area contributed by atoms with Gasteiger partial charge >= 0.3 is 0 Å². The molecule has 0 N–H and O–H groups in total. The van der Waals surface area contributed by atoms with Gasteiger partial charge in [0, 0.05) is 31.9 Å². The fourth-order valence-electron chi connectivity index (χ4n) is 3.27. The van der Waals surface area contributed by atoms with E-state index in [1.165, 1.54) is 16.1 Å². The number of sulfonamides is 1. The molecule has 6 nitrogen and oxygen atoms in total. The van der Waals surface area contributed by atoms with Crippen molar-refractivity contribution in [2.24, 2.45) is 4.99 Å². The van der Waals surface area contributed by atoms with E-state index < -0.39 is 10.0 Å². The Kier molecular flexibility index (Phi) is 5.96. The first-order chi connectivity index (χ1) is 13.5. The normalized spacial score (nSPS) is 18.4. The molecule has 0 bridgehead atoms. The van der Waals surface area contributed by atoms with Gasteiger partial charge in [-0.15, -0.1) is 0 Å². The van der Waals surface area contributed by atoms with Crippen molar-refractivity contribution in [1.29, 1.82) is 0 Å². The highest BCUT2D eigenvalue weighted by Gasteiger charge is 2.30. The lowest BCUT2D eigenvalue weighted by Gasteiger charge is -2.34. The van der Waals surface area contributed by atoms with E-state index in [2.05, 4.69) is 4.99 Å². The molecule has 2 aliphatic heterocycles. The highest BCUT2D eigenvalue weighted by atomic mass is 32.2. The summed E-state index contributed by atoms with van der Waals surface area (Å²) in [6.07, 6.45) is 0. The molecule has 2 aromatic carbocycles. The monoisotopic (exact) mass is 435 g/mol. The van der Waals surface area contributed by atoms with Gasteiger partial charge in [-0.2, -0.15) is 4.31 Å². The number of thioether (sulfide) groups is 2. The van der Waals surface area contributed by atoms with Crippen LogP contribution in [0.4, 0.5) is 0 Å². The molecule has 1 fully saturated rings. The van der Waals surface area contributed by atoms with Crippen LogP contribution in [-0.4, -0.2) is 72.1 Å². The van der Waals surface area contributed by atoms with Crippen LogP contribution in [0, 0.1) is 0 Å². The van der Waals surface area contributed by atoms with Crippen molar-refractivity contribution in [3.8, 4) is 0 Å². The van der Waals surface area contributed by atoms with E-state index in [0.717, 1.165) is 27.4 Å². The number of aliphatic imine (C=N–C) groups is 1. The third-order valence-electron chi connectivity index (χ3n) is 4.83. The minimum atomic E-state index is -3.56. The van der Waals surface area contributed by atoms with E-state index >= 15 is 0 Å². The lowest BCUT2D eigenvalue weighted by Crippen LogP contribution is -2.51. The number of nitrogens with zero attached hydrogens (tertiary/aromatic N) is 3. The predicted molar refractivity (Wildman–Crippen MR) is 117 cm³/mol. The third-order valence-corrected chi connectivity index (χ3v) is 8.96. The second-order valence-electron chi connectivity index (χ2n) is 6.58. The molecule has 0 spiro atoms. The van der Waals surface area contributed by atoms with Crippen LogP contribution in [0.1, 0.15) is 0 Å². The Morgan fingerprint density at radius 2 is 1.82 bits per heavy atom. The molecule has 0 unspecified atom stereocenters. The van der Waals surface area contributed by atoms with Crippen LogP contribution in [0.2, 0.25) is 0 Å². The number of hydrogen-bond donors (Lipinski definition) is 0. The highest BCUT2D eigenvalue weighted by molar-refractivity contribution is 8.39. The lowest BCUT2D eigenvalue weighted by molar-refractivity contribution is -0.129. The molecule has 2 aromatic rings. The Bertz CT molecular complexity index is 1020. The number of benzene rings is 2. The van der Waals surface area contributed by atoms with Gasteiger partial charge in [0.2, 0.25) is 15.9 Å². The molecular weight excluding hydrogens is 414 g/mol. The van der Waals surface area contributed by atoms with Crippen LogP contribution in [0.15, 0.2) is 52.4 Å². The molecular formula is C19H21N3O3S3. The van der Waals surface area contributed by atoms with Gasteiger partial charge in [0.05, 0.1) is 17.2 Å². The summed E-state index contributed by atoms with van der Waals surface area (Å²) in [6.45, 7) is 2.31. The summed E-state index contributed by atoms with van der Waals surface area (Å²) in [6, 6.07) is 12.9. The largest absolute Gasteiger partial charge is 0.339 e. The average molecular weight is 436 g/mol. The first kappa shape index (κ1) is 19.8. The van der Waals surface area contributed by atoms with E-state index in [1.54, 1.807) is 28.8 Å². The second kappa shape index (κ2) is 8.44. The van der Waals surface area contributed by atoms with Crippen LogP contribution in [0.25, 0.3) is 10.8 Å². The summed E-state index contributed by atoms with van der Waals surface area (Å²) in [4.78, 5) is 18.8. The molecule has 2 aliphatic rings. The second-order valence-corrected chi connectivity index (χ2v) is 10.8. The van der Waals surface area contributed by atoms with Gasteiger partial charge in [0.1, 0.15) is 4.38 Å². The number of piperazine rings is 1. The molecule has 1 saturated heterocycles. The first-order valence-electron chi connectivity index (χ1n) is 9.11. The fourth-order valence-corrected chi connectivity index (χ4v) is 6.64. The standard InChI is InChI=1S/C19H21N3O3S3/c23-18(14-27-19-20-7-12-26-19)21-8-10-22(11-9-21)28(24,25)17-6-5-15-3-1-2-4-16(15)13-17/h1-6,13H,7-12,14H2.